The predicted octanol–water partition coefficient (Wildman–Crippen LogP) is 2.22. The first-order valence-electron chi connectivity index (χ1n) is 7.02. The SMILES string of the molecule is CC1CC(c2cccc(N(C)C)c2)Cn2nc(N)nc21. The Morgan fingerprint density at radius 1 is 1.35 bits per heavy atom. The zero-order chi connectivity index (χ0) is 14.3. The molecule has 2 heterocycles. The Balaban J connectivity index is 1.91. The number of fused-ring (bicyclic) bond motifs is 1. The number of hydrogen-bond acceptors (Lipinski definition) is 4. The van der Waals surface area contributed by atoms with Crippen molar-refractivity contribution in [3.63, 3.8) is 0 Å². The monoisotopic (exact) mass is 271 g/mol. The molecule has 2 unspecified atom stereocenters. The first-order chi connectivity index (χ1) is 9.54. The third-order valence-electron chi connectivity index (χ3n) is 4.05. The Hall–Kier alpha value is -2.04. The first kappa shape index (κ1) is 13.0. The molecule has 0 saturated heterocycles. The quantitative estimate of drug-likeness (QED) is 0.910. The van der Waals surface area contributed by atoms with Crippen molar-refractivity contribution < 1.29 is 0 Å². The molecular formula is C15H21N5. The fourth-order valence-electron chi connectivity index (χ4n) is 2.99. The largest absolute Gasteiger partial charge is 0.378 e. The van der Waals surface area contributed by atoms with E-state index in [1.165, 1.54) is 11.3 Å². The van der Waals surface area contributed by atoms with Crippen LogP contribution in [0.1, 0.15) is 36.6 Å². The van der Waals surface area contributed by atoms with Gasteiger partial charge in [-0.05, 0) is 24.1 Å². The first-order valence-corrected chi connectivity index (χ1v) is 7.02. The van der Waals surface area contributed by atoms with Crippen LogP contribution in [-0.4, -0.2) is 28.9 Å². The van der Waals surface area contributed by atoms with Gasteiger partial charge < -0.3 is 10.6 Å². The van der Waals surface area contributed by atoms with Crippen LogP contribution in [-0.2, 0) is 6.54 Å². The van der Waals surface area contributed by atoms with Crippen molar-refractivity contribution in [3.05, 3.63) is 35.7 Å². The molecule has 0 amide bonds. The van der Waals surface area contributed by atoms with E-state index in [1.54, 1.807) is 0 Å². The van der Waals surface area contributed by atoms with Crippen LogP contribution in [0, 0.1) is 0 Å². The van der Waals surface area contributed by atoms with Crippen LogP contribution in [0.3, 0.4) is 0 Å². The van der Waals surface area contributed by atoms with Crippen LogP contribution in [0.15, 0.2) is 24.3 Å². The van der Waals surface area contributed by atoms with Gasteiger partial charge in [-0.25, -0.2) is 4.68 Å². The van der Waals surface area contributed by atoms with E-state index in [9.17, 15) is 0 Å². The minimum absolute atomic E-state index is 0.384. The van der Waals surface area contributed by atoms with E-state index in [2.05, 4.69) is 60.3 Å². The van der Waals surface area contributed by atoms with Crippen molar-refractivity contribution in [3.8, 4) is 0 Å². The second kappa shape index (κ2) is 4.81. The lowest BCUT2D eigenvalue weighted by atomic mass is 9.86. The molecule has 106 valence electrons. The van der Waals surface area contributed by atoms with Crippen molar-refractivity contribution in [1.29, 1.82) is 0 Å². The summed E-state index contributed by atoms with van der Waals surface area (Å²) in [6.07, 6.45) is 1.09. The van der Waals surface area contributed by atoms with Gasteiger partial charge in [0.1, 0.15) is 5.82 Å². The normalized spacial score (nSPS) is 21.6. The second-order valence-electron chi connectivity index (χ2n) is 5.83. The number of rotatable bonds is 2. The van der Waals surface area contributed by atoms with E-state index in [1.807, 2.05) is 4.68 Å². The van der Waals surface area contributed by atoms with Crippen LogP contribution in [0.2, 0.25) is 0 Å². The molecule has 0 fully saturated rings. The minimum atomic E-state index is 0.384. The molecule has 3 rings (SSSR count). The van der Waals surface area contributed by atoms with E-state index < -0.39 is 0 Å². The molecule has 5 heteroatoms. The van der Waals surface area contributed by atoms with Crippen molar-refractivity contribution in [2.24, 2.45) is 0 Å². The molecule has 2 N–H and O–H groups in total. The van der Waals surface area contributed by atoms with Gasteiger partial charge >= 0.3 is 0 Å². The standard InChI is InChI=1S/C15H21N5/c1-10-7-12(9-20-14(10)17-15(16)18-20)11-5-4-6-13(8-11)19(2)3/h4-6,8,10,12H,7,9H2,1-3H3,(H2,16,18). The third kappa shape index (κ3) is 2.24. The lowest BCUT2D eigenvalue weighted by molar-refractivity contribution is 0.382. The molecule has 2 atom stereocenters. The number of anilines is 2. The summed E-state index contributed by atoms with van der Waals surface area (Å²) in [7, 11) is 4.14. The highest BCUT2D eigenvalue weighted by atomic mass is 15.4. The van der Waals surface area contributed by atoms with Crippen molar-refractivity contribution in [2.75, 3.05) is 24.7 Å². The molecule has 5 nitrogen and oxygen atoms in total. The summed E-state index contributed by atoms with van der Waals surface area (Å²) in [6, 6.07) is 8.73. The van der Waals surface area contributed by atoms with E-state index in [0.29, 0.717) is 17.8 Å². The lowest BCUT2D eigenvalue weighted by Crippen LogP contribution is -2.22. The molecule has 1 aromatic heterocycles. The van der Waals surface area contributed by atoms with Gasteiger partial charge in [0.25, 0.3) is 0 Å². The van der Waals surface area contributed by atoms with Gasteiger partial charge in [-0.3, -0.25) is 0 Å². The molecular weight excluding hydrogens is 250 g/mol. The highest BCUT2D eigenvalue weighted by Gasteiger charge is 2.28. The number of nitrogens with two attached hydrogens (primary N) is 1. The Bertz CT molecular complexity index is 616. The van der Waals surface area contributed by atoms with E-state index in [0.717, 1.165) is 18.8 Å². The van der Waals surface area contributed by atoms with Crippen LogP contribution in [0.4, 0.5) is 11.6 Å². The van der Waals surface area contributed by atoms with Gasteiger partial charge in [-0.2, -0.15) is 4.98 Å². The summed E-state index contributed by atoms with van der Waals surface area (Å²) < 4.78 is 1.97. The van der Waals surface area contributed by atoms with E-state index in [4.69, 9.17) is 5.73 Å². The third-order valence-corrected chi connectivity index (χ3v) is 4.05. The number of aromatic nitrogens is 3. The fourth-order valence-corrected chi connectivity index (χ4v) is 2.99. The highest BCUT2D eigenvalue weighted by Crippen LogP contribution is 2.36. The van der Waals surface area contributed by atoms with Gasteiger partial charge in [0, 0.05) is 38.2 Å². The molecule has 0 bridgehead atoms. The highest BCUT2D eigenvalue weighted by molar-refractivity contribution is 5.48. The Labute approximate surface area is 119 Å². The van der Waals surface area contributed by atoms with Gasteiger partial charge in [0.15, 0.2) is 0 Å². The van der Waals surface area contributed by atoms with Crippen LogP contribution in [0.25, 0.3) is 0 Å². The van der Waals surface area contributed by atoms with Crippen LogP contribution >= 0.6 is 0 Å². The molecule has 1 aliphatic rings. The fraction of sp³-hybridized carbons (Fsp3) is 0.467. The predicted molar refractivity (Wildman–Crippen MR) is 81.0 cm³/mol. The van der Waals surface area contributed by atoms with Gasteiger partial charge in [-0.1, -0.05) is 19.1 Å². The molecule has 0 spiro atoms. The number of nitrogen functional groups attached to an aromatic ring is 1. The second-order valence-corrected chi connectivity index (χ2v) is 5.83. The average Bonchev–Trinajstić information content (AvgIpc) is 2.80. The van der Waals surface area contributed by atoms with Crippen molar-refractivity contribution >= 4 is 11.6 Å². The Morgan fingerprint density at radius 3 is 2.90 bits per heavy atom. The summed E-state index contributed by atoms with van der Waals surface area (Å²) >= 11 is 0. The maximum atomic E-state index is 5.72. The van der Waals surface area contributed by atoms with Crippen LogP contribution < -0.4 is 10.6 Å². The summed E-state index contributed by atoms with van der Waals surface area (Å²) in [5, 5.41) is 4.31. The van der Waals surface area contributed by atoms with Crippen LogP contribution in [0.5, 0.6) is 0 Å². The number of hydrogen-bond donors (Lipinski definition) is 1. The summed E-state index contributed by atoms with van der Waals surface area (Å²) in [5.41, 5.74) is 8.32. The molecule has 0 saturated carbocycles. The number of benzene rings is 1. The molecule has 1 aliphatic heterocycles. The number of nitrogens with zero attached hydrogens (tertiary/aromatic N) is 4. The van der Waals surface area contributed by atoms with Crippen molar-refractivity contribution in [1.82, 2.24) is 14.8 Å². The van der Waals surface area contributed by atoms with Gasteiger partial charge in [0.2, 0.25) is 5.95 Å². The molecule has 2 aromatic rings. The van der Waals surface area contributed by atoms with Gasteiger partial charge in [0.05, 0.1) is 0 Å². The molecule has 0 radical (unpaired) electrons. The van der Waals surface area contributed by atoms with Crippen molar-refractivity contribution in [2.45, 2.75) is 31.7 Å². The lowest BCUT2D eigenvalue weighted by Gasteiger charge is -2.28. The van der Waals surface area contributed by atoms with E-state index >= 15 is 0 Å². The van der Waals surface area contributed by atoms with E-state index in [-0.39, 0.29) is 0 Å². The molecule has 20 heavy (non-hydrogen) atoms. The maximum absolute atomic E-state index is 5.72. The Morgan fingerprint density at radius 2 is 2.15 bits per heavy atom. The average molecular weight is 271 g/mol. The molecule has 1 aromatic carbocycles. The zero-order valence-corrected chi connectivity index (χ0v) is 12.2. The molecule has 0 aliphatic carbocycles. The summed E-state index contributed by atoms with van der Waals surface area (Å²) in [6.45, 7) is 3.06. The smallest absolute Gasteiger partial charge is 0.239 e. The van der Waals surface area contributed by atoms with Gasteiger partial charge in [-0.15, -0.1) is 5.10 Å². The zero-order valence-electron chi connectivity index (χ0n) is 12.2. The topological polar surface area (TPSA) is 60.0 Å². The Kier molecular flexibility index (Phi) is 3.12. The summed E-state index contributed by atoms with van der Waals surface area (Å²) in [5.74, 6) is 2.26. The summed E-state index contributed by atoms with van der Waals surface area (Å²) in [4.78, 5) is 6.46. The maximum Gasteiger partial charge on any atom is 0.239 e. The minimum Gasteiger partial charge on any atom is -0.378 e.